The van der Waals surface area contributed by atoms with Crippen LogP contribution in [0.5, 0.6) is 0 Å². The summed E-state index contributed by atoms with van der Waals surface area (Å²) in [6.07, 6.45) is 20.0. The Morgan fingerprint density at radius 3 is 2.15 bits per heavy atom. The van der Waals surface area contributed by atoms with Gasteiger partial charge in [-0.15, -0.1) is 0 Å². The molecule has 262 valence electrons. The van der Waals surface area contributed by atoms with Gasteiger partial charge in [-0.3, -0.25) is 0 Å². The fourth-order valence-electron chi connectivity index (χ4n) is 8.57. The summed E-state index contributed by atoms with van der Waals surface area (Å²) >= 11 is 0. The maximum absolute atomic E-state index is 6.87. The average Bonchev–Trinajstić information content (AvgIpc) is 3.84. The SMILES string of the molecule is CC1c2oc3c(-c4ccc(-c5nc(-c6ccccc6)nc(-c6ccc(C7=CCCC=C7)cc6)n5)c5c4oc4ccccc45)cccc3c2C=C2C=CC=CC21. The molecular weight excluding hydrogens is 675 g/mol. The number of hydrogen-bond acceptors (Lipinski definition) is 5. The van der Waals surface area contributed by atoms with E-state index in [1.165, 1.54) is 22.3 Å². The molecule has 0 fully saturated rings. The van der Waals surface area contributed by atoms with Gasteiger partial charge in [0.25, 0.3) is 0 Å². The summed E-state index contributed by atoms with van der Waals surface area (Å²) in [7, 11) is 0. The minimum atomic E-state index is 0.222. The Labute approximate surface area is 318 Å². The van der Waals surface area contributed by atoms with Crippen molar-refractivity contribution in [2.24, 2.45) is 5.92 Å². The lowest BCUT2D eigenvalue weighted by atomic mass is 9.77. The predicted octanol–water partition coefficient (Wildman–Crippen LogP) is 13.2. The lowest BCUT2D eigenvalue weighted by Gasteiger charge is -2.27. The highest BCUT2D eigenvalue weighted by Crippen LogP contribution is 2.48. The third-order valence-electron chi connectivity index (χ3n) is 11.3. The highest BCUT2D eigenvalue weighted by atomic mass is 16.3. The quantitative estimate of drug-likeness (QED) is 0.178. The van der Waals surface area contributed by atoms with Crippen molar-refractivity contribution in [2.75, 3.05) is 0 Å². The largest absolute Gasteiger partial charge is 0.459 e. The number of fused-ring (bicyclic) bond motifs is 7. The smallest absolute Gasteiger partial charge is 0.164 e. The molecular formula is C50H35N3O2. The zero-order valence-electron chi connectivity index (χ0n) is 30.2. The maximum atomic E-state index is 6.87. The Morgan fingerprint density at radius 2 is 1.31 bits per heavy atom. The Kier molecular flexibility index (Phi) is 7.27. The third kappa shape index (κ3) is 5.19. The summed E-state index contributed by atoms with van der Waals surface area (Å²) in [4.78, 5) is 15.4. The van der Waals surface area contributed by atoms with Crippen molar-refractivity contribution in [3.8, 4) is 45.3 Å². The molecule has 0 bridgehead atoms. The molecule has 0 spiro atoms. The first-order valence-electron chi connectivity index (χ1n) is 19.0. The zero-order chi connectivity index (χ0) is 36.5. The molecule has 5 nitrogen and oxygen atoms in total. The average molecular weight is 710 g/mol. The Bertz CT molecular complexity index is 2990. The predicted molar refractivity (Wildman–Crippen MR) is 223 cm³/mol. The summed E-state index contributed by atoms with van der Waals surface area (Å²) in [6.45, 7) is 2.26. The van der Waals surface area contributed by atoms with Crippen LogP contribution in [0.3, 0.4) is 0 Å². The van der Waals surface area contributed by atoms with Crippen LogP contribution in [0.15, 0.2) is 166 Å². The lowest BCUT2D eigenvalue weighted by Crippen LogP contribution is -2.15. The number of allylic oxidation sites excluding steroid dienone is 9. The van der Waals surface area contributed by atoms with Crippen molar-refractivity contribution in [1.82, 2.24) is 15.0 Å². The minimum Gasteiger partial charge on any atom is -0.459 e. The number of para-hydroxylation sites is 2. The van der Waals surface area contributed by atoms with Crippen LogP contribution in [-0.4, -0.2) is 15.0 Å². The van der Waals surface area contributed by atoms with E-state index in [4.69, 9.17) is 23.8 Å². The molecule has 5 heteroatoms. The Morgan fingerprint density at radius 1 is 0.582 bits per heavy atom. The maximum Gasteiger partial charge on any atom is 0.164 e. The fraction of sp³-hybridized carbons (Fsp3) is 0.100. The topological polar surface area (TPSA) is 65.0 Å². The summed E-state index contributed by atoms with van der Waals surface area (Å²) in [6, 6.07) is 37.6. The van der Waals surface area contributed by atoms with Gasteiger partial charge in [-0.25, -0.2) is 15.0 Å². The second kappa shape index (κ2) is 12.6. The minimum absolute atomic E-state index is 0.222. The van der Waals surface area contributed by atoms with Gasteiger partial charge >= 0.3 is 0 Å². The standard InChI is InChI=1S/C50H35N3O2/c1-30-36-18-9-8-17-35(36)29-42-38-21-12-20-37(46(38)55-45(30)42)39-27-28-41(44-40-19-10-11-22-43(40)54-47(39)44)50-52-48(33-15-6-3-7-16-33)51-49(53-50)34-25-23-32(24-26-34)31-13-4-2-5-14-31/h3-4,6-30,36H,2,5H2,1H3. The highest BCUT2D eigenvalue weighted by molar-refractivity contribution is 6.17. The van der Waals surface area contributed by atoms with Crippen LogP contribution in [0, 0.1) is 5.92 Å². The molecule has 0 saturated heterocycles. The van der Waals surface area contributed by atoms with E-state index >= 15 is 0 Å². The molecule has 0 aliphatic heterocycles. The summed E-state index contributed by atoms with van der Waals surface area (Å²) in [5.74, 6) is 3.38. The van der Waals surface area contributed by atoms with Crippen LogP contribution in [0.2, 0.25) is 0 Å². The molecule has 2 unspecified atom stereocenters. The molecule has 0 saturated carbocycles. The van der Waals surface area contributed by atoms with E-state index in [2.05, 4.69) is 122 Å². The van der Waals surface area contributed by atoms with Crippen LogP contribution < -0.4 is 0 Å². The second-order valence-electron chi connectivity index (χ2n) is 14.6. The number of hydrogen-bond donors (Lipinski definition) is 0. The van der Waals surface area contributed by atoms with Crippen LogP contribution in [0.1, 0.15) is 42.6 Å². The molecule has 0 radical (unpaired) electrons. The molecule has 3 aromatic heterocycles. The van der Waals surface area contributed by atoms with Crippen LogP contribution in [0.25, 0.3) is 89.8 Å². The van der Waals surface area contributed by atoms with Gasteiger partial charge in [-0.1, -0.05) is 140 Å². The molecule has 3 aliphatic rings. The zero-order valence-corrected chi connectivity index (χ0v) is 30.2. The lowest BCUT2D eigenvalue weighted by molar-refractivity contribution is 0.463. The van der Waals surface area contributed by atoms with Gasteiger partial charge in [-0.05, 0) is 53.8 Å². The molecule has 0 amide bonds. The van der Waals surface area contributed by atoms with E-state index in [1.807, 2.05) is 42.5 Å². The van der Waals surface area contributed by atoms with Crippen molar-refractivity contribution < 1.29 is 8.83 Å². The van der Waals surface area contributed by atoms with E-state index in [9.17, 15) is 0 Å². The first-order valence-corrected chi connectivity index (χ1v) is 19.0. The van der Waals surface area contributed by atoms with Crippen LogP contribution in [0.4, 0.5) is 0 Å². The van der Waals surface area contributed by atoms with Crippen molar-refractivity contribution in [3.63, 3.8) is 0 Å². The second-order valence-corrected chi connectivity index (χ2v) is 14.6. The van der Waals surface area contributed by atoms with E-state index < -0.39 is 0 Å². The Hall–Kier alpha value is -6.85. The molecule has 11 rings (SSSR count). The Balaban J connectivity index is 1.11. The molecule has 5 aromatic carbocycles. The summed E-state index contributed by atoms with van der Waals surface area (Å²) in [5, 5.41) is 3.07. The molecule has 0 N–H and O–H groups in total. The first kappa shape index (κ1) is 31.7. The number of rotatable bonds is 5. The number of benzene rings is 5. The van der Waals surface area contributed by atoms with Gasteiger partial charge in [0.2, 0.25) is 0 Å². The van der Waals surface area contributed by atoms with Crippen LogP contribution in [-0.2, 0) is 0 Å². The van der Waals surface area contributed by atoms with Crippen molar-refractivity contribution in [1.29, 1.82) is 0 Å². The summed E-state index contributed by atoms with van der Waals surface area (Å²) < 4.78 is 13.7. The van der Waals surface area contributed by atoms with Crippen molar-refractivity contribution in [3.05, 3.63) is 174 Å². The van der Waals surface area contributed by atoms with Gasteiger partial charge < -0.3 is 8.83 Å². The molecule has 3 heterocycles. The normalized spacial score (nSPS) is 17.4. The number of aromatic nitrogens is 3. The van der Waals surface area contributed by atoms with E-state index in [-0.39, 0.29) is 5.92 Å². The van der Waals surface area contributed by atoms with Gasteiger partial charge in [0.05, 0.1) is 0 Å². The van der Waals surface area contributed by atoms with E-state index in [0.29, 0.717) is 23.4 Å². The highest BCUT2D eigenvalue weighted by Gasteiger charge is 2.32. The molecule has 8 aromatic rings. The number of nitrogens with zero attached hydrogens (tertiary/aromatic N) is 3. The van der Waals surface area contributed by atoms with Crippen molar-refractivity contribution in [2.45, 2.75) is 25.7 Å². The number of furan rings is 2. The van der Waals surface area contributed by atoms with Crippen LogP contribution >= 0.6 is 0 Å². The molecule has 3 aliphatic carbocycles. The van der Waals surface area contributed by atoms with Gasteiger partial charge in [0.15, 0.2) is 17.5 Å². The first-order chi connectivity index (χ1) is 27.2. The van der Waals surface area contributed by atoms with Gasteiger partial charge in [0.1, 0.15) is 22.5 Å². The monoisotopic (exact) mass is 709 g/mol. The van der Waals surface area contributed by atoms with Gasteiger partial charge in [-0.2, -0.15) is 0 Å². The van der Waals surface area contributed by atoms with Gasteiger partial charge in [0, 0.05) is 61.4 Å². The molecule has 2 atom stereocenters. The van der Waals surface area contributed by atoms with E-state index in [1.54, 1.807) is 0 Å². The summed E-state index contributed by atoms with van der Waals surface area (Å²) in [5.41, 5.74) is 12.1. The van der Waals surface area contributed by atoms with E-state index in [0.717, 1.165) is 79.3 Å². The fourth-order valence-corrected chi connectivity index (χ4v) is 8.57. The third-order valence-corrected chi connectivity index (χ3v) is 11.3. The molecule has 55 heavy (non-hydrogen) atoms. The van der Waals surface area contributed by atoms with Crippen molar-refractivity contribution >= 4 is 44.6 Å².